The molecule has 158 valence electrons. The zero-order chi connectivity index (χ0) is 22.0. The summed E-state index contributed by atoms with van der Waals surface area (Å²) in [6.07, 6.45) is 1.64. The van der Waals surface area contributed by atoms with E-state index >= 15 is 0 Å². The molecule has 0 radical (unpaired) electrons. The molecule has 4 aromatic rings. The van der Waals surface area contributed by atoms with E-state index in [0.717, 1.165) is 14.6 Å². The van der Waals surface area contributed by atoms with Crippen molar-refractivity contribution in [3.63, 3.8) is 0 Å². The van der Waals surface area contributed by atoms with Crippen LogP contribution in [-0.4, -0.2) is 27.0 Å². The van der Waals surface area contributed by atoms with Gasteiger partial charge in [0.1, 0.15) is 0 Å². The zero-order valence-corrected chi connectivity index (χ0v) is 19.8. The maximum absolute atomic E-state index is 12.5. The Morgan fingerprint density at radius 2 is 1.94 bits per heavy atom. The molecule has 0 saturated heterocycles. The minimum atomic E-state index is -0.335. The third-order valence-corrected chi connectivity index (χ3v) is 7.76. The molecule has 0 saturated carbocycles. The predicted molar refractivity (Wildman–Crippen MR) is 130 cm³/mol. The van der Waals surface area contributed by atoms with Gasteiger partial charge in [0.05, 0.1) is 25.5 Å². The van der Waals surface area contributed by atoms with E-state index in [1.165, 1.54) is 40.5 Å². The van der Waals surface area contributed by atoms with Gasteiger partial charge >= 0.3 is 0 Å². The highest BCUT2D eigenvalue weighted by Crippen LogP contribution is 2.34. The van der Waals surface area contributed by atoms with E-state index in [2.05, 4.69) is 20.6 Å². The van der Waals surface area contributed by atoms with Crippen molar-refractivity contribution in [2.24, 2.45) is 0 Å². The summed E-state index contributed by atoms with van der Waals surface area (Å²) in [5.74, 6) is -0.418. The number of benzene rings is 2. The molecule has 1 unspecified atom stereocenters. The first kappa shape index (κ1) is 22.0. The van der Waals surface area contributed by atoms with Crippen molar-refractivity contribution < 1.29 is 9.59 Å². The van der Waals surface area contributed by atoms with Gasteiger partial charge in [-0.2, -0.15) is 0 Å². The summed E-state index contributed by atoms with van der Waals surface area (Å²) in [5.41, 5.74) is 1.85. The number of rotatable bonds is 6. The lowest BCUT2D eigenvalue weighted by Gasteiger charge is -2.07. The van der Waals surface area contributed by atoms with E-state index in [4.69, 9.17) is 23.2 Å². The molecule has 2 N–H and O–H groups in total. The number of carbonyl (C=O) groups excluding carboxylic acids is 2. The van der Waals surface area contributed by atoms with Crippen molar-refractivity contribution in [1.82, 2.24) is 9.97 Å². The molecule has 0 fully saturated rings. The fraction of sp³-hybridized carbons (Fsp3) is 0.100. The molecule has 0 spiro atoms. The Labute approximate surface area is 200 Å². The van der Waals surface area contributed by atoms with Crippen molar-refractivity contribution in [3.8, 4) is 0 Å². The molecule has 31 heavy (non-hydrogen) atoms. The van der Waals surface area contributed by atoms with E-state index in [0.29, 0.717) is 26.4 Å². The molecule has 2 amide bonds. The molecular weight excluding hydrogens is 495 g/mol. The van der Waals surface area contributed by atoms with Crippen LogP contribution in [-0.2, 0) is 4.79 Å². The lowest BCUT2D eigenvalue weighted by molar-refractivity contribution is -0.115. The second-order valence-electron chi connectivity index (χ2n) is 6.33. The first-order valence-corrected chi connectivity index (χ1v) is 12.3. The minimum absolute atomic E-state index is 0.131. The van der Waals surface area contributed by atoms with Crippen molar-refractivity contribution in [1.29, 1.82) is 0 Å². The second kappa shape index (κ2) is 9.54. The van der Waals surface area contributed by atoms with Gasteiger partial charge in [-0.3, -0.25) is 9.59 Å². The number of amides is 2. The van der Waals surface area contributed by atoms with Gasteiger partial charge in [-0.15, -0.1) is 22.7 Å². The van der Waals surface area contributed by atoms with Crippen molar-refractivity contribution in [3.05, 3.63) is 63.6 Å². The van der Waals surface area contributed by atoms with Gasteiger partial charge in [-0.25, -0.2) is 9.97 Å². The molecule has 2 heterocycles. The van der Waals surface area contributed by atoms with E-state index < -0.39 is 0 Å². The summed E-state index contributed by atoms with van der Waals surface area (Å²) >= 11 is 16.1. The van der Waals surface area contributed by atoms with Crippen LogP contribution in [0.2, 0.25) is 10.0 Å². The van der Waals surface area contributed by atoms with Gasteiger partial charge in [-0.1, -0.05) is 35.0 Å². The summed E-state index contributed by atoms with van der Waals surface area (Å²) in [6.45, 7) is 1.82. The van der Waals surface area contributed by atoms with Gasteiger partial charge in [0.15, 0.2) is 9.47 Å². The Bertz CT molecular complexity index is 1260. The number of hydrogen-bond acceptors (Lipinski definition) is 7. The van der Waals surface area contributed by atoms with Crippen LogP contribution in [0.1, 0.15) is 17.3 Å². The lowest BCUT2D eigenvalue weighted by atomic mass is 10.2. The Morgan fingerprint density at radius 1 is 1.10 bits per heavy atom. The minimum Gasteiger partial charge on any atom is -0.322 e. The average molecular weight is 509 g/mol. The average Bonchev–Trinajstić information content (AvgIpc) is 3.38. The van der Waals surface area contributed by atoms with E-state index in [9.17, 15) is 9.59 Å². The summed E-state index contributed by atoms with van der Waals surface area (Å²) in [5, 5.41) is 8.40. The highest BCUT2D eigenvalue weighted by atomic mass is 35.5. The number of aromatic nitrogens is 2. The topological polar surface area (TPSA) is 84.0 Å². The van der Waals surface area contributed by atoms with Crippen molar-refractivity contribution in [2.45, 2.75) is 16.5 Å². The van der Waals surface area contributed by atoms with E-state index in [1.54, 1.807) is 29.8 Å². The third-order valence-electron chi connectivity index (χ3n) is 4.12. The number of fused-ring (bicyclic) bond motifs is 1. The van der Waals surface area contributed by atoms with Crippen molar-refractivity contribution >= 4 is 90.5 Å². The quantitative estimate of drug-likeness (QED) is 0.293. The summed E-state index contributed by atoms with van der Waals surface area (Å²) in [4.78, 5) is 33.5. The van der Waals surface area contributed by atoms with E-state index in [-0.39, 0.29) is 17.1 Å². The smallest absolute Gasteiger partial charge is 0.255 e. The Morgan fingerprint density at radius 3 is 2.68 bits per heavy atom. The van der Waals surface area contributed by atoms with Crippen LogP contribution in [0.3, 0.4) is 0 Å². The highest BCUT2D eigenvalue weighted by molar-refractivity contribution is 8.02. The molecular formula is C20H14Cl2N4O2S3. The predicted octanol–water partition coefficient (Wildman–Crippen LogP) is 6.43. The molecule has 4 rings (SSSR count). The summed E-state index contributed by atoms with van der Waals surface area (Å²) in [6, 6.07) is 10.2. The second-order valence-corrected chi connectivity index (χ2v) is 10.7. The Balaban J connectivity index is 1.44. The SMILES string of the molecule is CC(Sc1nc2ccc(NC(=O)c3ccc(Cl)c(Cl)c3)cc2s1)C(=O)Nc1nccs1. The summed E-state index contributed by atoms with van der Waals surface area (Å²) < 4.78 is 1.67. The number of anilines is 2. The molecule has 0 aliphatic carbocycles. The fourth-order valence-corrected chi connectivity index (χ4v) is 5.65. The number of nitrogens with one attached hydrogen (secondary N) is 2. The number of carbonyl (C=O) groups is 2. The maximum atomic E-state index is 12.5. The van der Waals surface area contributed by atoms with Gasteiger partial charge in [0.2, 0.25) is 5.91 Å². The van der Waals surface area contributed by atoms with Gasteiger partial charge < -0.3 is 10.6 Å². The largest absolute Gasteiger partial charge is 0.322 e. The van der Waals surface area contributed by atoms with Crippen molar-refractivity contribution in [2.75, 3.05) is 10.6 Å². The molecule has 6 nitrogen and oxygen atoms in total. The number of hydrogen-bond donors (Lipinski definition) is 2. The van der Waals surface area contributed by atoms with Crippen LogP contribution in [0.25, 0.3) is 10.2 Å². The molecule has 0 aliphatic rings. The van der Waals surface area contributed by atoms with Gasteiger partial charge in [0.25, 0.3) is 5.91 Å². The maximum Gasteiger partial charge on any atom is 0.255 e. The number of halogens is 2. The third kappa shape index (κ3) is 5.36. The fourth-order valence-electron chi connectivity index (χ4n) is 2.57. The molecule has 2 aromatic carbocycles. The van der Waals surface area contributed by atoms with Crippen LogP contribution in [0.4, 0.5) is 10.8 Å². The first-order chi connectivity index (χ1) is 14.9. The van der Waals surface area contributed by atoms with Gasteiger partial charge in [0, 0.05) is 22.8 Å². The number of thioether (sulfide) groups is 1. The summed E-state index contributed by atoms with van der Waals surface area (Å²) in [7, 11) is 0. The highest BCUT2D eigenvalue weighted by Gasteiger charge is 2.18. The van der Waals surface area contributed by atoms with Crippen LogP contribution in [0.5, 0.6) is 0 Å². The zero-order valence-electron chi connectivity index (χ0n) is 15.9. The standard InChI is InChI=1S/C20H14Cl2N4O2S3/c1-10(17(27)26-19-23-6-7-29-19)30-20-25-15-5-3-12(9-16(15)31-20)24-18(28)11-2-4-13(21)14(22)8-11/h2-10H,1H3,(H,24,28)(H,23,26,27). The Hall–Kier alpha value is -2.17. The number of nitrogens with zero attached hydrogens (tertiary/aromatic N) is 2. The normalized spacial score (nSPS) is 12.0. The molecule has 11 heteroatoms. The first-order valence-electron chi connectivity index (χ1n) is 8.93. The molecule has 0 bridgehead atoms. The molecule has 1 atom stereocenters. The van der Waals surface area contributed by atoms with Crippen LogP contribution < -0.4 is 10.6 Å². The number of thiazole rings is 2. The van der Waals surface area contributed by atoms with Gasteiger partial charge in [-0.05, 0) is 43.3 Å². The van der Waals surface area contributed by atoms with E-state index in [1.807, 2.05) is 19.1 Å². The lowest BCUT2D eigenvalue weighted by Crippen LogP contribution is -2.22. The van der Waals surface area contributed by atoms with Crippen LogP contribution >= 0.6 is 57.6 Å². The monoisotopic (exact) mass is 508 g/mol. The van der Waals surface area contributed by atoms with Crippen LogP contribution in [0, 0.1) is 0 Å². The molecule has 2 aromatic heterocycles. The molecule has 0 aliphatic heterocycles. The Kier molecular flexibility index (Phi) is 6.78. The van der Waals surface area contributed by atoms with Crippen LogP contribution in [0.15, 0.2) is 52.3 Å².